The predicted molar refractivity (Wildman–Crippen MR) is 199 cm³/mol. The van der Waals surface area contributed by atoms with E-state index in [1.807, 2.05) is 48.5 Å². The molecular formula is C41H23Cl2N5. The van der Waals surface area contributed by atoms with Gasteiger partial charge in [-0.1, -0.05) is 96.0 Å². The Morgan fingerprint density at radius 2 is 0.938 bits per heavy atom. The maximum absolute atomic E-state index is 6.28. The van der Waals surface area contributed by atoms with Gasteiger partial charge in [0.2, 0.25) is 5.95 Å². The quantitative estimate of drug-likeness (QED) is 0.178. The Hall–Kier alpha value is -5.75. The van der Waals surface area contributed by atoms with Crippen LogP contribution >= 0.6 is 23.2 Å². The van der Waals surface area contributed by atoms with Crippen molar-refractivity contribution < 1.29 is 0 Å². The lowest BCUT2D eigenvalue weighted by molar-refractivity contribution is 0.954. The summed E-state index contributed by atoms with van der Waals surface area (Å²) in [5.41, 5.74) is 7.12. The number of rotatable bonds is 3. The number of para-hydroxylation sites is 2. The SMILES string of the molecule is Clc1ccc(-c2nc(-c3ccc(Cl)cc3)nc(-n3c4ccccc4c4ccc5cc6c7ccccc7c7ccccc7n6c5c43)n2)cc1. The van der Waals surface area contributed by atoms with E-state index in [1.165, 1.54) is 16.2 Å². The molecule has 10 rings (SSSR count). The van der Waals surface area contributed by atoms with Crippen LogP contribution in [-0.4, -0.2) is 23.9 Å². The maximum Gasteiger partial charge on any atom is 0.238 e. The lowest BCUT2D eigenvalue weighted by atomic mass is 10.1. The minimum atomic E-state index is 0.527. The van der Waals surface area contributed by atoms with Crippen LogP contribution in [0.1, 0.15) is 0 Å². The van der Waals surface area contributed by atoms with Crippen molar-refractivity contribution in [1.29, 1.82) is 0 Å². The minimum absolute atomic E-state index is 0.527. The Morgan fingerprint density at radius 1 is 0.417 bits per heavy atom. The highest BCUT2D eigenvalue weighted by atomic mass is 35.5. The zero-order valence-electron chi connectivity index (χ0n) is 25.3. The first-order valence-corrected chi connectivity index (χ1v) is 16.4. The molecule has 7 heteroatoms. The highest BCUT2D eigenvalue weighted by Gasteiger charge is 2.22. The van der Waals surface area contributed by atoms with Crippen LogP contribution in [0.2, 0.25) is 10.0 Å². The van der Waals surface area contributed by atoms with Crippen molar-refractivity contribution in [2.24, 2.45) is 0 Å². The van der Waals surface area contributed by atoms with Crippen LogP contribution < -0.4 is 0 Å². The van der Waals surface area contributed by atoms with E-state index in [0.29, 0.717) is 27.6 Å². The number of halogens is 2. The molecule has 0 spiro atoms. The second-order valence-electron chi connectivity index (χ2n) is 12.0. The van der Waals surface area contributed by atoms with Crippen LogP contribution in [-0.2, 0) is 0 Å². The Kier molecular flexibility index (Phi) is 5.92. The summed E-state index contributed by atoms with van der Waals surface area (Å²) in [4.78, 5) is 15.3. The fraction of sp³-hybridized carbons (Fsp3) is 0. The first-order chi connectivity index (χ1) is 23.6. The second kappa shape index (κ2) is 10.4. The molecule has 0 atom stereocenters. The average molecular weight is 657 g/mol. The van der Waals surface area contributed by atoms with Crippen molar-refractivity contribution >= 4 is 83.1 Å². The number of benzene rings is 6. The molecule has 0 radical (unpaired) electrons. The summed E-state index contributed by atoms with van der Waals surface area (Å²) in [5.74, 6) is 1.63. The number of aromatic nitrogens is 5. The van der Waals surface area contributed by atoms with Gasteiger partial charge in [0, 0.05) is 48.1 Å². The Labute approximate surface area is 284 Å². The van der Waals surface area contributed by atoms with Crippen LogP contribution in [0.25, 0.3) is 88.6 Å². The zero-order chi connectivity index (χ0) is 31.9. The summed E-state index contributed by atoms with van der Waals surface area (Å²) in [6, 6.07) is 47.7. The smallest absolute Gasteiger partial charge is 0.238 e. The van der Waals surface area contributed by atoms with Gasteiger partial charge in [0.05, 0.1) is 27.6 Å². The van der Waals surface area contributed by atoms with Crippen LogP contribution in [0.15, 0.2) is 140 Å². The zero-order valence-corrected chi connectivity index (χ0v) is 26.8. The van der Waals surface area contributed by atoms with Crippen molar-refractivity contribution in [2.75, 3.05) is 0 Å². The number of hydrogen-bond acceptors (Lipinski definition) is 3. The van der Waals surface area contributed by atoms with E-state index in [0.717, 1.165) is 54.9 Å². The summed E-state index contributed by atoms with van der Waals surface area (Å²) in [6.07, 6.45) is 0. The first-order valence-electron chi connectivity index (χ1n) is 15.7. The van der Waals surface area contributed by atoms with Crippen LogP contribution in [0.4, 0.5) is 0 Å². The van der Waals surface area contributed by atoms with E-state index in [9.17, 15) is 0 Å². The summed E-state index contributed by atoms with van der Waals surface area (Å²) >= 11 is 12.6. The molecule has 0 saturated carbocycles. The van der Waals surface area contributed by atoms with Gasteiger partial charge < -0.3 is 4.40 Å². The monoisotopic (exact) mass is 655 g/mol. The van der Waals surface area contributed by atoms with E-state index in [-0.39, 0.29) is 0 Å². The molecule has 4 aromatic heterocycles. The van der Waals surface area contributed by atoms with Gasteiger partial charge in [-0.3, -0.25) is 4.57 Å². The van der Waals surface area contributed by atoms with Gasteiger partial charge in [-0.15, -0.1) is 0 Å². The number of hydrogen-bond donors (Lipinski definition) is 0. The molecule has 0 bridgehead atoms. The Balaban J connectivity index is 1.39. The molecule has 6 aromatic carbocycles. The normalized spacial score (nSPS) is 12.0. The molecular weight excluding hydrogens is 633 g/mol. The molecule has 0 aliphatic heterocycles. The lowest BCUT2D eigenvalue weighted by Crippen LogP contribution is -2.07. The minimum Gasteiger partial charge on any atom is -0.307 e. The third-order valence-corrected chi connectivity index (χ3v) is 9.77. The number of nitrogens with zero attached hydrogens (tertiary/aromatic N) is 5. The van der Waals surface area contributed by atoms with E-state index < -0.39 is 0 Å². The molecule has 0 saturated heterocycles. The van der Waals surface area contributed by atoms with Gasteiger partial charge in [-0.25, -0.2) is 4.98 Å². The summed E-state index contributed by atoms with van der Waals surface area (Å²) < 4.78 is 4.61. The molecule has 0 aliphatic carbocycles. The highest BCUT2D eigenvalue weighted by Crippen LogP contribution is 2.41. The molecule has 10 aromatic rings. The molecule has 0 aliphatic rings. The lowest BCUT2D eigenvalue weighted by Gasteiger charge is -2.13. The molecule has 0 fully saturated rings. The van der Waals surface area contributed by atoms with E-state index >= 15 is 0 Å². The average Bonchev–Trinajstić information content (AvgIpc) is 3.69. The molecule has 48 heavy (non-hydrogen) atoms. The Morgan fingerprint density at radius 3 is 1.56 bits per heavy atom. The standard InChI is InChI=1S/C41H23Cl2N5/c42-27-18-13-24(14-19-27)39-44-40(25-15-20-28(43)21-16-25)46-41(45-39)48-35-12-6-4-10-32(35)33-22-17-26-23-36-31-9-2-1-7-29(31)30-8-3-5-11-34(30)47(36)37(26)38(33)48/h1-23H. The van der Waals surface area contributed by atoms with E-state index in [4.69, 9.17) is 38.2 Å². The van der Waals surface area contributed by atoms with Gasteiger partial charge >= 0.3 is 0 Å². The van der Waals surface area contributed by atoms with Crippen molar-refractivity contribution in [2.45, 2.75) is 0 Å². The van der Waals surface area contributed by atoms with Crippen LogP contribution in [0.5, 0.6) is 0 Å². The second-order valence-corrected chi connectivity index (χ2v) is 12.8. The molecule has 0 amide bonds. The number of pyridine rings is 1. The van der Waals surface area contributed by atoms with Crippen molar-refractivity contribution in [3.05, 3.63) is 150 Å². The van der Waals surface area contributed by atoms with Crippen molar-refractivity contribution in [3.63, 3.8) is 0 Å². The van der Waals surface area contributed by atoms with E-state index in [1.54, 1.807) is 0 Å². The molecule has 0 unspecified atom stereocenters. The van der Waals surface area contributed by atoms with Gasteiger partial charge in [0.15, 0.2) is 11.6 Å². The topological polar surface area (TPSA) is 48.0 Å². The third-order valence-electron chi connectivity index (χ3n) is 9.26. The fourth-order valence-corrected chi connectivity index (χ4v) is 7.41. The predicted octanol–water partition coefficient (Wildman–Crippen LogP) is 11.3. The number of fused-ring (bicyclic) bond motifs is 12. The highest BCUT2D eigenvalue weighted by molar-refractivity contribution is 6.31. The Bertz CT molecular complexity index is 2840. The van der Waals surface area contributed by atoms with Crippen LogP contribution in [0, 0.1) is 0 Å². The van der Waals surface area contributed by atoms with E-state index in [2.05, 4.69) is 100.0 Å². The van der Waals surface area contributed by atoms with Gasteiger partial charge in [-0.05, 0) is 72.1 Å². The molecule has 4 heterocycles. The molecule has 0 N–H and O–H groups in total. The maximum atomic E-state index is 6.28. The third kappa shape index (κ3) is 4.02. The summed E-state index contributed by atoms with van der Waals surface area (Å²) in [6.45, 7) is 0. The molecule has 5 nitrogen and oxygen atoms in total. The van der Waals surface area contributed by atoms with Crippen molar-refractivity contribution in [1.82, 2.24) is 23.9 Å². The first kappa shape index (κ1) is 27.4. The van der Waals surface area contributed by atoms with Crippen molar-refractivity contribution in [3.8, 4) is 28.7 Å². The van der Waals surface area contributed by atoms with Gasteiger partial charge in [0.25, 0.3) is 0 Å². The summed E-state index contributed by atoms with van der Waals surface area (Å²) in [7, 11) is 0. The largest absolute Gasteiger partial charge is 0.307 e. The molecule has 226 valence electrons. The van der Waals surface area contributed by atoms with Crippen LogP contribution in [0.3, 0.4) is 0 Å². The fourth-order valence-electron chi connectivity index (χ4n) is 7.15. The van der Waals surface area contributed by atoms with Gasteiger partial charge in [0.1, 0.15) is 0 Å². The van der Waals surface area contributed by atoms with Gasteiger partial charge in [-0.2, -0.15) is 9.97 Å². The summed E-state index contributed by atoms with van der Waals surface area (Å²) in [5, 5.41) is 8.32.